The van der Waals surface area contributed by atoms with Crippen LogP contribution in [0.25, 0.3) is 0 Å². The van der Waals surface area contributed by atoms with Gasteiger partial charge in [-0.3, -0.25) is 4.79 Å². The summed E-state index contributed by atoms with van der Waals surface area (Å²) in [7, 11) is 0. The van der Waals surface area contributed by atoms with Crippen LogP contribution < -0.4 is 9.47 Å². The van der Waals surface area contributed by atoms with Gasteiger partial charge in [0.2, 0.25) is 0 Å². The molecule has 80 valence electrons. The van der Waals surface area contributed by atoms with Crippen LogP contribution in [0.1, 0.15) is 17.3 Å². The van der Waals surface area contributed by atoms with Crippen molar-refractivity contribution < 1.29 is 19.4 Å². The molecule has 1 aromatic carbocycles. The minimum absolute atomic E-state index is 0.105. The maximum absolute atomic E-state index is 11.4. The summed E-state index contributed by atoms with van der Waals surface area (Å²) < 4.78 is 11.1. The first-order valence-corrected chi connectivity index (χ1v) is 5.22. The molecule has 0 saturated heterocycles. The number of carbonyl (C=O) groups is 1. The van der Waals surface area contributed by atoms with Crippen LogP contribution in [0.4, 0.5) is 0 Å². The van der Waals surface area contributed by atoms with Gasteiger partial charge in [-0.05, 0) is 22.9 Å². The Morgan fingerprint density at radius 1 is 1.47 bits per heavy atom. The molecule has 1 aliphatic rings. The van der Waals surface area contributed by atoms with Crippen molar-refractivity contribution in [3.05, 3.63) is 16.1 Å². The summed E-state index contributed by atoms with van der Waals surface area (Å²) in [4.78, 5) is 11.4. The molecule has 1 aromatic rings. The van der Waals surface area contributed by atoms with Crippen molar-refractivity contribution in [2.75, 3.05) is 13.2 Å². The molecule has 2 rings (SSSR count). The zero-order valence-electron chi connectivity index (χ0n) is 8.04. The van der Waals surface area contributed by atoms with Gasteiger partial charge in [0.25, 0.3) is 0 Å². The predicted molar refractivity (Wildman–Crippen MR) is 56.8 cm³/mol. The number of carbonyl (C=O) groups excluding carboxylic acids is 1. The molecular weight excluding hydrogens is 264 g/mol. The van der Waals surface area contributed by atoms with E-state index in [0.717, 1.165) is 0 Å². The van der Waals surface area contributed by atoms with E-state index < -0.39 is 0 Å². The van der Waals surface area contributed by atoms with E-state index >= 15 is 0 Å². The normalized spacial score (nSPS) is 13.7. The summed E-state index contributed by atoms with van der Waals surface area (Å²) in [5.74, 6) is 0.452. The second-order valence-corrected chi connectivity index (χ2v) is 4.02. The number of hydrogen-bond acceptors (Lipinski definition) is 4. The predicted octanol–water partition coefficient (Wildman–Crippen LogP) is 2.13. The highest BCUT2D eigenvalue weighted by atomic mass is 79.9. The number of rotatable bonds is 1. The first kappa shape index (κ1) is 10.3. The number of ketones is 1. The van der Waals surface area contributed by atoms with E-state index in [2.05, 4.69) is 15.9 Å². The van der Waals surface area contributed by atoms with Gasteiger partial charge in [0.1, 0.15) is 24.5 Å². The monoisotopic (exact) mass is 272 g/mol. The topological polar surface area (TPSA) is 55.8 Å². The van der Waals surface area contributed by atoms with E-state index in [1.54, 1.807) is 6.07 Å². The first-order valence-electron chi connectivity index (χ1n) is 4.43. The van der Waals surface area contributed by atoms with Crippen LogP contribution in [-0.2, 0) is 0 Å². The Balaban J connectivity index is 2.68. The zero-order valence-corrected chi connectivity index (χ0v) is 9.63. The van der Waals surface area contributed by atoms with Crippen LogP contribution in [0.15, 0.2) is 10.5 Å². The third-order valence-corrected chi connectivity index (χ3v) is 2.72. The number of Topliss-reactive ketones (excluding diaryl/α,β-unsaturated/α-hetero) is 1. The number of halogens is 1. The van der Waals surface area contributed by atoms with Gasteiger partial charge >= 0.3 is 0 Å². The van der Waals surface area contributed by atoms with E-state index in [0.29, 0.717) is 29.2 Å². The Bertz CT molecular complexity index is 428. The zero-order chi connectivity index (χ0) is 11.0. The fourth-order valence-corrected chi connectivity index (χ4v) is 1.88. The fourth-order valence-electron chi connectivity index (χ4n) is 1.47. The molecule has 1 aliphatic heterocycles. The van der Waals surface area contributed by atoms with Crippen LogP contribution in [0.3, 0.4) is 0 Å². The third kappa shape index (κ3) is 1.67. The number of hydrogen-bond donors (Lipinski definition) is 1. The Kier molecular flexibility index (Phi) is 2.56. The summed E-state index contributed by atoms with van der Waals surface area (Å²) in [6.07, 6.45) is 0. The lowest BCUT2D eigenvalue weighted by Crippen LogP contribution is -2.17. The molecule has 1 heterocycles. The number of fused-ring (bicyclic) bond motifs is 1. The molecule has 15 heavy (non-hydrogen) atoms. The highest BCUT2D eigenvalue weighted by molar-refractivity contribution is 9.10. The molecule has 5 heteroatoms. The van der Waals surface area contributed by atoms with Crippen molar-refractivity contribution in [3.63, 3.8) is 0 Å². The highest BCUT2D eigenvalue weighted by Crippen LogP contribution is 2.43. The molecular formula is C10H9BrO4. The summed E-state index contributed by atoms with van der Waals surface area (Å²) >= 11 is 3.16. The molecule has 0 saturated carbocycles. The lowest BCUT2D eigenvalue weighted by atomic mass is 10.1. The number of benzene rings is 1. The van der Waals surface area contributed by atoms with Crippen molar-refractivity contribution >= 4 is 21.7 Å². The van der Waals surface area contributed by atoms with Gasteiger partial charge in [-0.25, -0.2) is 0 Å². The largest absolute Gasteiger partial charge is 0.506 e. The highest BCUT2D eigenvalue weighted by Gasteiger charge is 2.24. The second kappa shape index (κ2) is 3.73. The van der Waals surface area contributed by atoms with Crippen LogP contribution in [-0.4, -0.2) is 24.1 Å². The first-order chi connectivity index (χ1) is 7.11. The number of ether oxygens (including phenoxy) is 2. The quantitative estimate of drug-likeness (QED) is 0.796. The van der Waals surface area contributed by atoms with Crippen molar-refractivity contribution in [3.8, 4) is 17.2 Å². The molecule has 0 spiro atoms. The minimum Gasteiger partial charge on any atom is -0.506 e. The van der Waals surface area contributed by atoms with Gasteiger partial charge in [-0.2, -0.15) is 0 Å². The average Bonchev–Trinajstić information content (AvgIpc) is 2.19. The lowest BCUT2D eigenvalue weighted by Gasteiger charge is -2.21. The van der Waals surface area contributed by atoms with Crippen LogP contribution in [0.2, 0.25) is 0 Å². The Labute approximate surface area is 94.9 Å². The molecule has 0 unspecified atom stereocenters. The molecule has 0 amide bonds. The van der Waals surface area contributed by atoms with Crippen LogP contribution >= 0.6 is 15.9 Å². The van der Waals surface area contributed by atoms with E-state index in [4.69, 9.17) is 9.47 Å². The smallest absolute Gasteiger partial charge is 0.175 e. The number of phenols is 1. The SMILES string of the molecule is CC(=O)c1c(O)c(Br)cc2c1OCCO2. The standard InChI is InChI=1S/C10H9BrO4/c1-5(12)8-9(13)6(11)4-7-10(8)15-3-2-14-7/h4,13H,2-3H2,1H3. The molecule has 0 radical (unpaired) electrons. The molecule has 0 fully saturated rings. The third-order valence-electron chi connectivity index (χ3n) is 2.11. The fraction of sp³-hybridized carbons (Fsp3) is 0.300. The summed E-state index contributed by atoms with van der Waals surface area (Å²) in [5.41, 5.74) is 0.166. The molecule has 0 aromatic heterocycles. The molecule has 0 bridgehead atoms. The molecule has 4 nitrogen and oxygen atoms in total. The average molecular weight is 273 g/mol. The van der Waals surface area contributed by atoms with Gasteiger partial charge in [0, 0.05) is 6.07 Å². The number of aromatic hydroxyl groups is 1. The minimum atomic E-state index is -0.254. The van der Waals surface area contributed by atoms with E-state index in [1.807, 2.05) is 0 Å². The number of phenolic OH excluding ortho intramolecular Hbond substituents is 1. The molecule has 1 N–H and O–H groups in total. The van der Waals surface area contributed by atoms with Gasteiger partial charge in [0.05, 0.1) is 4.47 Å². The Hall–Kier alpha value is -1.23. The summed E-state index contributed by atoms with van der Waals surface area (Å²) in [5, 5.41) is 9.72. The van der Waals surface area contributed by atoms with Crippen LogP contribution in [0, 0.1) is 0 Å². The van der Waals surface area contributed by atoms with Gasteiger partial charge in [-0.1, -0.05) is 0 Å². The maximum Gasteiger partial charge on any atom is 0.175 e. The van der Waals surface area contributed by atoms with Gasteiger partial charge < -0.3 is 14.6 Å². The van der Waals surface area contributed by atoms with Crippen molar-refractivity contribution in [1.29, 1.82) is 0 Å². The maximum atomic E-state index is 11.4. The van der Waals surface area contributed by atoms with Crippen molar-refractivity contribution in [2.45, 2.75) is 6.92 Å². The van der Waals surface area contributed by atoms with Gasteiger partial charge in [0.15, 0.2) is 17.3 Å². The Morgan fingerprint density at radius 2 is 2.13 bits per heavy atom. The summed E-state index contributed by atoms with van der Waals surface area (Å²) in [6, 6.07) is 1.59. The second-order valence-electron chi connectivity index (χ2n) is 3.16. The van der Waals surface area contributed by atoms with E-state index in [1.165, 1.54) is 6.92 Å². The lowest BCUT2D eigenvalue weighted by molar-refractivity contribution is 0.0998. The van der Waals surface area contributed by atoms with Crippen LogP contribution in [0.5, 0.6) is 17.2 Å². The Morgan fingerprint density at radius 3 is 2.80 bits per heavy atom. The summed E-state index contributed by atoms with van der Waals surface area (Å²) in [6.45, 7) is 2.20. The van der Waals surface area contributed by atoms with E-state index in [9.17, 15) is 9.90 Å². The van der Waals surface area contributed by atoms with Crippen molar-refractivity contribution in [2.24, 2.45) is 0 Å². The van der Waals surface area contributed by atoms with E-state index in [-0.39, 0.29) is 17.1 Å². The molecule has 0 aliphatic carbocycles. The van der Waals surface area contributed by atoms with Gasteiger partial charge in [-0.15, -0.1) is 0 Å². The van der Waals surface area contributed by atoms with Crippen molar-refractivity contribution in [1.82, 2.24) is 0 Å². The molecule has 0 atom stereocenters.